The van der Waals surface area contributed by atoms with E-state index in [1.165, 1.54) is 0 Å². The van der Waals surface area contributed by atoms with Crippen LogP contribution in [0.2, 0.25) is 0 Å². The van der Waals surface area contributed by atoms with Crippen LogP contribution >= 0.6 is 0 Å². The largest absolute Gasteiger partial charge is 0.455 e. The molecule has 12 heteroatoms. The molecule has 4 aromatic rings. The van der Waals surface area contributed by atoms with Crippen molar-refractivity contribution in [2.45, 2.75) is 44.2 Å². The maximum atomic E-state index is 14.3. The van der Waals surface area contributed by atoms with Crippen LogP contribution < -0.4 is 10.1 Å². The third-order valence-electron chi connectivity index (χ3n) is 7.77. The van der Waals surface area contributed by atoms with Gasteiger partial charge in [-0.1, -0.05) is 78.9 Å². The molecule has 47 heavy (non-hydrogen) atoms. The number of esters is 2. The first-order valence-electron chi connectivity index (χ1n) is 14.5. The zero-order valence-electron chi connectivity index (χ0n) is 25.1. The van der Waals surface area contributed by atoms with Gasteiger partial charge in [0, 0.05) is 12.3 Å². The van der Waals surface area contributed by atoms with Gasteiger partial charge in [0.05, 0.1) is 0 Å². The highest BCUT2D eigenvalue weighted by atomic mass is 19.2. The summed E-state index contributed by atoms with van der Waals surface area (Å²) in [6.45, 7) is 3.08. The number of alkyl carbamates (subject to hydrolysis) is 1. The van der Waals surface area contributed by atoms with Crippen LogP contribution in [0, 0.1) is 29.1 Å². The molecule has 0 bridgehead atoms. The summed E-state index contributed by atoms with van der Waals surface area (Å²) >= 11 is 0. The lowest BCUT2D eigenvalue weighted by atomic mass is 9.98. The van der Waals surface area contributed by atoms with E-state index in [9.17, 15) is 36.3 Å². The molecule has 4 aromatic carbocycles. The summed E-state index contributed by atoms with van der Waals surface area (Å²) in [5.74, 6) is -16.5. The number of fused-ring (bicyclic) bond motifs is 3. The Kier molecular flexibility index (Phi) is 9.59. The van der Waals surface area contributed by atoms with Crippen LogP contribution in [0.3, 0.4) is 0 Å². The van der Waals surface area contributed by atoms with Crippen molar-refractivity contribution in [1.82, 2.24) is 5.32 Å². The molecule has 0 saturated heterocycles. The first-order valence-corrected chi connectivity index (χ1v) is 14.5. The minimum atomic E-state index is -2.45. The molecule has 0 aliphatic heterocycles. The van der Waals surface area contributed by atoms with Crippen molar-refractivity contribution in [3.8, 4) is 16.9 Å². The van der Waals surface area contributed by atoms with Gasteiger partial charge < -0.3 is 19.5 Å². The molecule has 1 atom stereocenters. The number of hydrogen-bond donors (Lipinski definition) is 1. The summed E-state index contributed by atoms with van der Waals surface area (Å²) in [4.78, 5) is 38.8. The zero-order chi connectivity index (χ0) is 33.9. The molecular weight excluding hydrogens is 625 g/mol. The lowest BCUT2D eigenvalue weighted by molar-refractivity contribution is -0.157. The van der Waals surface area contributed by atoms with Crippen LogP contribution in [0.4, 0.5) is 26.7 Å². The summed E-state index contributed by atoms with van der Waals surface area (Å²) in [5.41, 5.74) is 3.27. The summed E-state index contributed by atoms with van der Waals surface area (Å²) in [7, 11) is 0. The van der Waals surface area contributed by atoms with Gasteiger partial charge in [-0.05, 0) is 48.1 Å². The molecule has 1 amide bonds. The summed E-state index contributed by atoms with van der Waals surface area (Å²) in [6, 6.07) is 21.9. The van der Waals surface area contributed by atoms with E-state index in [0.29, 0.717) is 5.56 Å². The number of nitrogens with one attached hydrogen (secondary N) is 1. The molecule has 0 fully saturated rings. The third kappa shape index (κ3) is 6.96. The van der Waals surface area contributed by atoms with Gasteiger partial charge in [-0.2, -0.15) is 8.78 Å². The van der Waals surface area contributed by atoms with E-state index in [1.54, 1.807) is 44.2 Å². The fourth-order valence-corrected chi connectivity index (χ4v) is 5.37. The number of carbonyl (C=O) groups excluding carboxylic acids is 3. The van der Waals surface area contributed by atoms with Crippen molar-refractivity contribution >= 4 is 18.0 Å². The number of halogens is 5. The second kappa shape index (κ2) is 13.6. The average molecular weight is 654 g/mol. The van der Waals surface area contributed by atoms with E-state index in [0.717, 1.165) is 22.3 Å². The third-order valence-corrected chi connectivity index (χ3v) is 7.77. The maximum Gasteiger partial charge on any atom is 0.407 e. The Morgan fingerprint density at radius 1 is 0.745 bits per heavy atom. The highest BCUT2D eigenvalue weighted by molar-refractivity contribution is 5.84. The standard InChI is InChI=1S/C35H28F5NO6/c1-35(2,19-10-4-3-5-11-19)47-26(42)17-16-25(33(43)46-32-30(39)28(37)27(36)29(38)31(32)40)41-34(44)45-18-24-22-14-8-6-12-20(22)21-13-7-9-15-23(21)24/h3-15,24-25H,16-18H2,1-2H3,(H,41,44)/t25-/m0/s1. The molecule has 0 radical (unpaired) electrons. The molecule has 0 spiro atoms. The van der Waals surface area contributed by atoms with Crippen LogP contribution in [0.15, 0.2) is 78.9 Å². The molecule has 1 aliphatic carbocycles. The van der Waals surface area contributed by atoms with Crippen molar-refractivity contribution in [2.75, 3.05) is 6.61 Å². The second-order valence-electron chi connectivity index (χ2n) is 11.2. The number of ether oxygens (including phenoxy) is 3. The topological polar surface area (TPSA) is 90.9 Å². The van der Waals surface area contributed by atoms with Gasteiger partial charge in [0.15, 0.2) is 0 Å². The van der Waals surface area contributed by atoms with E-state index >= 15 is 0 Å². The van der Waals surface area contributed by atoms with Crippen molar-refractivity contribution in [3.05, 3.63) is 125 Å². The molecule has 244 valence electrons. The van der Waals surface area contributed by atoms with Crippen LogP contribution in [-0.2, 0) is 24.7 Å². The molecular formula is C35H28F5NO6. The van der Waals surface area contributed by atoms with Crippen molar-refractivity contribution in [1.29, 1.82) is 0 Å². The first kappa shape index (κ1) is 33.1. The summed E-state index contributed by atoms with van der Waals surface area (Å²) < 4.78 is 85.2. The van der Waals surface area contributed by atoms with Crippen LogP contribution in [0.5, 0.6) is 5.75 Å². The van der Waals surface area contributed by atoms with E-state index in [-0.39, 0.29) is 12.5 Å². The van der Waals surface area contributed by atoms with E-state index in [1.807, 2.05) is 48.5 Å². The molecule has 1 aliphatic rings. The van der Waals surface area contributed by atoms with Crippen molar-refractivity contribution in [2.24, 2.45) is 0 Å². The predicted octanol–water partition coefficient (Wildman–Crippen LogP) is 7.45. The molecule has 0 heterocycles. The highest BCUT2D eigenvalue weighted by Gasteiger charge is 2.34. The Balaban J connectivity index is 1.32. The zero-order valence-corrected chi connectivity index (χ0v) is 25.1. The number of rotatable bonds is 10. The van der Waals surface area contributed by atoms with Gasteiger partial charge in [0.2, 0.25) is 34.8 Å². The smallest absolute Gasteiger partial charge is 0.407 e. The van der Waals surface area contributed by atoms with Crippen LogP contribution in [0.25, 0.3) is 11.1 Å². The van der Waals surface area contributed by atoms with Gasteiger partial charge in [-0.25, -0.2) is 22.8 Å². The van der Waals surface area contributed by atoms with E-state index in [2.05, 4.69) is 10.1 Å². The Hall–Kier alpha value is -5.26. The molecule has 7 nitrogen and oxygen atoms in total. The van der Waals surface area contributed by atoms with E-state index < -0.39 is 77.4 Å². The monoisotopic (exact) mass is 653 g/mol. The minimum Gasteiger partial charge on any atom is -0.455 e. The van der Waals surface area contributed by atoms with Crippen LogP contribution in [-0.4, -0.2) is 30.7 Å². The van der Waals surface area contributed by atoms with Gasteiger partial charge in [-0.3, -0.25) is 4.79 Å². The van der Waals surface area contributed by atoms with Gasteiger partial charge in [0.25, 0.3) is 0 Å². The molecule has 5 rings (SSSR count). The second-order valence-corrected chi connectivity index (χ2v) is 11.2. The lowest BCUT2D eigenvalue weighted by Gasteiger charge is -2.26. The fourth-order valence-electron chi connectivity index (χ4n) is 5.37. The molecule has 0 saturated carbocycles. The normalized spacial score (nSPS) is 12.9. The Labute approximate surface area is 266 Å². The molecule has 0 unspecified atom stereocenters. The average Bonchev–Trinajstić information content (AvgIpc) is 3.39. The van der Waals surface area contributed by atoms with Crippen LogP contribution in [0.1, 0.15) is 49.3 Å². The summed E-state index contributed by atoms with van der Waals surface area (Å²) in [5, 5.41) is 2.19. The number of carbonyl (C=O) groups is 3. The summed E-state index contributed by atoms with van der Waals surface area (Å²) in [6.07, 6.45) is -2.22. The fraction of sp³-hybridized carbons (Fsp3) is 0.229. The minimum absolute atomic E-state index is 0.174. The first-order chi connectivity index (χ1) is 22.4. The lowest BCUT2D eigenvalue weighted by Crippen LogP contribution is -2.44. The van der Waals surface area contributed by atoms with E-state index in [4.69, 9.17) is 9.47 Å². The maximum absolute atomic E-state index is 14.3. The number of benzene rings is 4. The van der Waals surface area contributed by atoms with Crippen molar-refractivity contribution in [3.63, 3.8) is 0 Å². The number of hydrogen-bond acceptors (Lipinski definition) is 6. The highest BCUT2D eigenvalue weighted by Crippen LogP contribution is 2.44. The number of amides is 1. The predicted molar refractivity (Wildman–Crippen MR) is 159 cm³/mol. The molecule has 0 aromatic heterocycles. The van der Waals surface area contributed by atoms with Gasteiger partial charge in [0.1, 0.15) is 18.2 Å². The molecule has 1 N–H and O–H groups in total. The quantitative estimate of drug-likeness (QED) is 0.0629. The van der Waals surface area contributed by atoms with Gasteiger partial charge >= 0.3 is 18.0 Å². The Morgan fingerprint density at radius 2 is 1.26 bits per heavy atom. The van der Waals surface area contributed by atoms with Gasteiger partial charge in [-0.15, -0.1) is 0 Å². The van der Waals surface area contributed by atoms with Crippen molar-refractivity contribution < 1.29 is 50.5 Å². The Morgan fingerprint density at radius 3 is 1.83 bits per heavy atom. The SMILES string of the molecule is CC(C)(OC(=O)CC[C@H](NC(=O)OCC1c2ccccc2-c2ccccc21)C(=O)Oc1c(F)c(F)c(F)c(F)c1F)c1ccccc1. The Bertz CT molecular complexity index is 1760.